The molecule has 0 N–H and O–H groups in total. The van der Waals surface area contributed by atoms with Crippen molar-refractivity contribution in [1.82, 2.24) is 0 Å². The Balaban J connectivity index is 0.964. The summed E-state index contributed by atoms with van der Waals surface area (Å²) in [6, 6.07) is 0. The Morgan fingerprint density at radius 2 is 1.69 bits per heavy atom. The molecule has 2 unspecified atom stereocenters. The Kier molecular flexibility index (Phi) is 3.50. The van der Waals surface area contributed by atoms with Gasteiger partial charge in [0.25, 0.3) is 0 Å². The van der Waals surface area contributed by atoms with Crippen LogP contribution in [0.25, 0.3) is 11.2 Å². The van der Waals surface area contributed by atoms with Crippen LogP contribution in [0.2, 0.25) is 0 Å². The van der Waals surface area contributed by atoms with Crippen molar-refractivity contribution in [2.45, 2.75) is 83.5 Å². The molecule has 10 rings (SSSR count). The Bertz CT molecular complexity index is 1490. The third kappa shape index (κ3) is 2.27. The maximum atomic E-state index is 13.3. The van der Waals surface area contributed by atoms with Crippen molar-refractivity contribution >= 4 is 23.1 Å². The topological polar surface area (TPSA) is 78.9 Å². The van der Waals surface area contributed by atoms with Gasteiger partial charge in [-0.2, -0.15) is 0 Å². The third-order valence-corrected chi connectivity index (χ3v) is 11.1. The summed E-state index contributed by atoms with van der Waals surface area (Å²) in [6.45, 7) is 4.44. The van der Waals surface area contributed by atoms with Crippen molar-refractivity contribution in [2.75, 3.05) is 0 Å². The second-order valence-electron chi connectivity index (χ2n) is 13.3. The number of furan rings is 3. The first-order chi connectivity index (χ1) is 17.3. The number of hydrogen-bond donors (Lipinski definition) is 0. The summed E-state index contributed by atoms with van der Waals surface area (Å²) in [5.74, 6) is 5.84. The van der Waals surface area contributed by atoms with Crippen LogP contribution >= 0.6 is 0 Å². The molecule has 3 atom stereocenters. The molecule has 0 radical (unpaired) electrons. The number of carbonyl (C=O) groups excluding carboxylic acids is 2. The van der Waals surface area contributed by atoms with Crippen LogP contribution in [-0.4, -0.2) is 11.9 Å². The van der Waals surface area contributed by atoms with Gasteiger partial charge in [-0.25, -0.2) is 4.79 Å². The van der Waals surface area contributed by atoms with E-state index in [0.29, 0.717) is 47.3 Å². The maximum absolute atomic E-state index is 13.3. The zero-order valence-electron chi connectivity index (χ0n) is 20.8. The van der Waals surface area contributed by atoms with Crippen LogP contribution in [-0.2, 0) is 29.5 Å². The minimum absolute atomic E-state index is 0.119. The standard InChI is InChI=1S/C30H30O6/c1-13-22-19(21-25(34-22)23(13)35-27(21)31)4-3-18-20-12-30(26(33-20)24(18)36-28(30)32)6-5-17-15-7-14-8-16(17)11-29(2,9-14)10-15/h14-17H,3-12H2,1-2H3/t14?,15?,16?,17?,29?,30-/m1/s1. The monoisotopic (exact) mass is 486 g/mol. The molecule has 4 fully saturated rings. The molecular formula is C30H30O6. The second kappa shape index (κ2) is 6.20. The predicted octanol–water partition coefficient (Wildman–Crippen LogP) is 6.05. The quantitative estimate of drug-likeness (QED) is 0.395. The fourth-order valence-corrected chi connectivity index (χ4v) is 9.92. The van der Waals surface area contributed by atoms with E-state index in [1.54, 1.807) is 0 Å². The molecule has 3 aromatic heterocycles. The van der Waals surface area contributed by atoms with Gasteiger partial charge in [-0.3, -0.25) is 4.79 Å². The molecule has 6 heteroatoms. The number of aryl methyl sites for hydroxylation is 2. The molecule has 0 aromatic carbocycles. The van der Waals surface area contributed by atoms with Gasteiger partial charge in [0, 0.05) is 23.1 Å². The van der Waals surface area contributed by atoms with E-state index >= 15 is 0 Å². The van der Waals surface area contributed by atoms with Crippen molar-refractivity contribution in [3.63, 3.8) is 0 Å². The molecule has 6 heterocycles. The molecule has 4 saturated carbocycles. The largest absolute Gasteiger partial charge is 0.460 e. The first-order valence-electron chi connectivity index (χ1n) is 13.8. The summed E-state index contributed by atoms with van der Waals surface area (Å²) in [6.07, 6.45) is 10.9. The SMILES string of the molecule is Cc1c2c3oc1c(CCc1c4oc5c1OC(=O)[C@]5(CCC1C5CC6CC1CC(C)(C6)C5)C4)c3C(=O)O2. The van der Waals surface area contributed by atoms with E-state index in [-0.39, 0.29) is 11.9 Å². The Morgan fingerprint density at radius 3 is 2.47 bits per heavy atom. The van der Waals surface area contributed by atoms with Gasteiger partial charge in [0.1, 0.15) is 22.3 Å². The van der Waals surface area contributed by atoms with Crippen molar-refractivity contribution in [3.05, 3.63) is 33.8 Å². The average molecular weight is 487 g/mol. The molecule has 186 valence electrons. The number of carbonyl (C=O) groups is 2. The van der Waals surface area contributed by atoms with E-state index in [9.17, 15) is 9.59 Å². The van der Waals surface area contributed by atoms with Gasteiger partial charge in [0.15, 0.2) is 22.8 Å². The van der Waals surface area contributed by atoms with Crippen LogP contribution in [0.4, 0.5) is 0 Å². The van der Waals surface area contributed by atoms with Gasteiger partial charge in [0.2, 0.25) is 0 Å². The van der Waals surface area contributed by atoms with Gasteiger partial charge in [0.05, 0.1) is 0 Å². The van der Waals surface area contributed by atoms with E-state index in [4.69, 9.17) is 18.3 Å². The molecule has 4 aliphatic carbocycles. The lowest BCUT2D eigenvalue weighted by molar-refractivity contribution is -0.139. The lowest BCUT2D eigenvalue weighted by Crippen LogP contribution is -2.50. The fraction of sp³-hybridized carbons (Fsp3) is 0.600. The van der Waals surface area contributed by atoms with Crippen LogP contribution < -0.4 is 9.47 Å². The Labute approximate surface area is 209 Å². The Hall–Kier alpha value is -2.76. The van der Waals surface area contributed by atoms with Crippen molar-refractivity contribution in [3.8, 4) is 11.5 Å². The molecule has 3 aromatic rings. The normalized spacial score (nSPS) is 36.6. The smallest absolute Gasteiger partial charge is 0.348 e. The number of hydrogen-bond acceptors (Lipinski definition) is 6. The fourth-order valence-electron chi connectivity index (χ4n) is 9.92. The first-order valence-corrected chi connectivity index (χ1v) is 13.8. The van der Waals surface area contributed by atoms with E-state index in [1.807, 2.05) is 6.92 Å². The van der Waals surface area contributed by atoms with Crippen molar-refractivity contribution < 1.29 is 27.9 Å². The maximum Gasteiger partial charge on any atom is 0.348 e. The molecule has 8 bridgehead atoms. The van der Waals surface area contributed by atoms with E-state index in [1.165, 1.54) is 32.1 Å². The summed E-state index contributed by atoms with van der Waals surface area (Å²) in [4.78, 5) is 25.6. The molecule has 0 amide bonds. The van der Waals surface area contributed by atoms with E-state index in [2.05, 4.69) is 6.92 Å². The molecule has 0 saturated heterocycles. The number of esters is 2. The highest BCUT2D eigenvalue weighted by atomic mass is 16.6. The van der Waals surface area contributed by atoms with Crippen LogP contribution in [0.5, 0.6) is 11.5 Å². The minimum Gasteiger partial charge on any atom is -0.460 e. The van der Waals surface area contributed by atoms with Gasteiger partial charge in [-0.15, -0.1) is 0 Å². The summed E-state index contributed by atoms with van der Waals surface area (Å²) in [5, 5.41) is 0. The van der Waals surface area contributed by atoms with Gasteiger partial charge in [-0.05, 0) is 93.8 Å². The molecule has 0 spiro atoms. The highest BCUT2D eigenvalue weighted by molar-refractivity contribution is 6.11. The van der Waals surface area contributed by atoms with Gasteiger partial charge in [-0.1, -0.05) is 6.92 Å². The highest BCUT2D eigenvalue weighted by Gasteiger charge is 2.60. The lowest BCUT2D eigenvalue weighted by Gasteiger charge is -2.59. The number of fused-ring (bicyclic) bond motifs is 2. The predicted molar refractivity (Wildman–Crippen MR) is 129 cm³/mol. The molecule has 7 aliphatic rings. The second-order valence-corrected chi connectivity index (χ2v) is 13.3. The third-order valence-electron chi connectivity index (χ3n) is 11.1. The van der Waals surface area contributed by atoms with Crippen LogP contribution in [0.15, 0.2) is 8.83 Å². The minimum atomic E-state index is -0.599. The van der Waals surface area contributed by atoms with E-state index in [0.717, 1.165) is 70.3 Å². The van der Waals surface area contributed by atoms with Crippen LogP contribution in [0.1, 0.15) is 90.4 Å². The van der Waals surface area contributed by atoms with Crippen molar-refractivity contribution in [2.24, 2.45) is 29.1 Å². The number of benzene rings is 1. The Morgan fingerprint density at radius 1 is 0.917 bits per heavy atom. The van der Waals surface area contributed by atoms with Crippen molar-refractivity contribution in [1.29, 1.82) is 0 Å². The molecule has 3 aliphatic heterocycles. The highest BCUT2D eigenvalue weighted by Crippen LogP contribution is 2.64. The van der Waals surface area contributed by atoms with E-state index < -0.39 is 5.41 Å². The first kappa shape index (κ1) is 20.3. The molecule has 36 heavy (non-hydrogen) atoms. The van der Waals surface area contributed by atoms with Gasteiger partial charge >= 0.3 is 11.9 Å². The van der Waals surface area contributed by atoms with Crippen LogP contribution in [0, 0.1) is 36.0 Å². The zero-order valence-corrected chi connectivity index (χ0v) is 20.8. The molecule has 6 nitrogen and oxygen atoms in total. The molecular weight excluding hydrogens is 456 g/mol. The summed E-state index contributed by atoms with van der Waals surface area (Å²) < 4.78 is 23.4. The summed E-state index contributed by atoms with van der Waals surface area (Å²) in [7, 11) is 0. The average Bonchev–Trinajstić information content (AvgIpc) is 3.60. The number of rotatable bonds is 6. The summed E-state index contributed by atoms with van der Waals surface area (Å²) in [5.41, 5.74) is 4.67. The summed E-state index contributed by atoms with van der Waals surface area (Å²) >= 11 is 0. The number of ether oxygens (including phenoxy) is 2. The lowest BCUT2D eigenvalue weighted by atomic mass is 9.46. The van der Waals surface area contributed by atoms with Crippen LogP contribution in [0.3, 0.4) is 0 Å². The zero-order chi connectivity index (χ0) is 24.1. The van der Waals surface area contributed by atoms with Gasteiger partial charge < -0.3 is 18.3 Å².